The summed E-state index contributed by atoms with van der Waals surface area (Å²) in [5.41, 5.74) is 0. The van der Waals surface area contributed by atoms with Crippen LogP contribution in [0.25, 0.3) is 0 Å². The minimum Gasteiger partial charge on any atom is -0.476 e. The van der Waals surface area contributed by atoms with Gasteiger partial charge in [-0.25, -0.2) is 4.99 Å². The van der Waals surface area contributed by atoms with Gasteiger partial charge in [-0.3, -0.25) is 0 Å². The smallest absolute Gasteiger partial charge is 0.266 e. The number of alkyl halides is 3. The van der Waals surface area contributed by atoms with E-state index in [1.165, 1.54) is 19.3 Å². The van der Waals surface area contributed by atoms with Crippen molar-refractivity contribution in [3.8, 4) is 0 Å². The third-order valence-electron chi connectivity index (χ3n) is 2.50. The highest BCUT2D eigenvalue weighted by atomic mass is 35.6. The maximum atomic E-state index is 5.68. The predicted octanol–water partition coefficient (Wildman–Crippen LogP) is 4.68. The molecule has 1 heterocycles. The first-order chi connectivity index (χ1) is 8.04. The number of halogens is 3. The molecule has 0 aromatic heterocycles. The fourth-order valence-electron chi connectivity index (χ4n) is 1.57. The summed E-state index contributed by atoms with van der Waals surface area (Å²) in [7, 11) is 0. The molecule has 17 heavy (non-hydrogen) atoms. The highest BCUT2D eigenvalue weighted by Gasteiger charge is 2.34. The maximum Gasteiger partial charge on any atom is 0.266 e. The first kappa shape index (κ1) is 15.1. The largest absolute Gasteiger partial charge is 0.476 e. The molecular formula is C12H18Cl3NO. The standard InChI is InChI=1S/C12H18Cl3NO/c1-2-3-4-5-6-7-8-10-9-17-11(16-10)12(13,14)15/h6-7,10H,2-5,8-9H2,1H3/b7-6+. The maximum absolute atomic E-state index is 5.68. The molecule has 0 saturated carbocycles. The van der Waals surface area contributed by atoms with E-state index in [0.717, 1.165) is 12.8 Å². The quantitative estimate of drug-likeness (QED) is 0.396. The van der Waals surface area contributed by atoms with Crippen molar-refractivity contribution in [1.29, 1.82) is 0 Å². The van der Waals surface area contributed by atoms with Gasteiger partial charge in [-0.15, -0.1) is 0 Å². The van der Waals surface area contributed by atoms with Crippen LogP contribution in [0.15, 0.2) is 17.1 Å². The third kappa shape index (κ3) is 5.98. The zero-order valence-electron chi connectivity index (χ0n) is 9.96. The zero-order valence-corrected chi connectivity index (χ0v) is 12.2. The lowest BCUT2D eigenvalue weighted by Gasteiger charge is -2.08. The van der Waals surface area contributed by atoms with Gasteiger partial charge in [0, 0.05) is 0 Å². The van der Waals surface area contributed by atoms with Crippen LogP contribution in [-0.4, -0.2) is 22.3 Å². The minimum atomic E-state index is -1.53. The first-order valence-corrected chi connectivity index (χ1v) is 7.10. The molecule has 0 aliphatic carbocycles. The Labute approximate surface area is 118 Å². The Hall–Kier alpha value is 0.0800. The molecule has 1 aliphatic rings. The Morgan fingerprint density at radius 1 is 1.35 bits per heavy atom. The lowest BCUT2D eigenvalue weighted by Crippen LogP contribution is -2.18. The van der Waals surface area contributed by atoms with Gasteiger partial charge in [0.2, 0.25) is 5.90 Å². The fraction of sp³-hybridized carbons (Fsp3) is 0.750. The number of allylic oxidation sites excluding steroid dienone is 1. The second kappa shape index (κ2) is 7.50. The Kier molecular flexibility index (Phi) is 6.68. The summed E-state index contributed by atoms with van der Waals surface area (Å²) in [6.07, 6.45) is 10.1. The van der Waals surface area contributed by atoms with E-state index in [-0.39, 0.29) is 11.9 Å². The number of aliphatic imine (C=N–C) groups is 1. The van der Waals surface area contributed by atoms with E-state index in [2.05, 4.69) is 24.1 Å². The Bertz CT molecular complexity index is 284. The Morgan fingerprint density at radius 2 is 2.12 bits per heavy atom. The fourth-order valence-corrected chi connectivity index (χ4v) is 1.88. The average Bonchev–Trinajstić information content (AvgIpc) is 2.71. The molecule has 0 fully saturated rings. The van der Waals surface area contributed by atoms with E-state index in [9.17, 15) is 0 Å². The van der Waals surface area contributed by atoms with Crippen LogP contribution < -0.4 is 0 Å². The van der Waals surface area contributed by atoms with Crippen molar-refractivity contribution in [1.82, 2.24) is 0 Å². The van der Waals surface area contributed by atoms with Crippen molar-refractivity contribution in [2.75, 3.05) is 6.61 Å². The van der Waals surface area contributed by atoms with Crippen LogP contribution in [0.3, 0.4) is 0 Å². The van der Waals surface area contributed by atoms with Crippen LogP contribution in [-0.2, 0) is 4.74 Å². The van der Waals surface area contributed by atoms with Crippen LogP contribution in [0.4, 0.5) is 0 Å². The number of hydrogen-bond acceptors (Lipinski definition) is 2. The molecule has 1 unspecified atom stereocenters. The van der Waals surface area contributed by atoms with Gasteiger partial charge < -0.3 is 4.74 Å². The number of rotatable bonds is 6. The summed E-state index contributed by atoms with van der Waals surface area (Å²) < 4.78 is 3.72. The monoisotopic (exact) mass is 297 g/mol. The summed E-state index contributed by atoms with van der Waals surface area (Å²) in [6, 6.07) is 0.0862. The van der Waals surface area contributed by atoms with E-state index in [0.29, 0.717) is 6.61 Å². The normalized spacial score (nSPS) is 20.7. The summed E-state index contributed by atoms with van der Waals surface area (Å²) in [5, 5.41) is 0. The molecular weight excluding hydrogens is 280 g/mol. The summed E-state index contributed by atoms with van der Waals surface area (Å²) in [5.74, 6) is 0.215. The number of unbranched alkanes of at least 4 members (excludes halogenated alkanes) is 3. The minimum absolute atomic E-state index is 0.0862. The van der Waals surface area contributed by atoms with Gasteiger partial charge in [-0.05, 0) is 19.3 Å². The number of nitrogens with zero attached hydrogens (tertiary/aromatic N) is 1. The number of ether oxygens (including phenoxy) is 1. The molecule has 0 aromatic carbocycles. The van der Waals surface area contributed by atoms with Crippen molar-refractivity contribution in [3.63, 3.8) is 0 Å². The van der Waals surface area contributed by atoms with E-state index < -0.39 is 3.79 Å². The van der Waals surface area contributed by atoms with Crippen molar-refractivity contribution in [2.24, 2.45) is 4.99 Å². The van der Waals surface area contributed by atoms with Gasteiger partial charge >= 0.3 is 0 Å². The Balaban J connectivity index is 2.23. The highest BCUT2D eigenvalue weighted by Crippen LogP contribution is 2.31. The van der Waals surface area contributed by atoms with E-state index in [4.69, 9.17) is 39.5 Å². The van der Waals surface area contributed by atoms with Gasteiger partial charge in [0.1, 0.15) is 6.61 Å². The third-order valence-corrected chi connectivity index (χ3v) is 2.99. The summed E-state index contributed by atoms with van der Waals surface area (Å²) >= 11 is 17.0. The molecule has 2 nitrogen and oxygen atoms in total. The Morgan fingerprint density at radius 3 is 2.71 bits per heavy atom. The van der Waals surface area contributed by atoms with Gasteiger partial charge in [0.25, 0.3) is 3.79 Å². The SMILES string of the molecule is CCCCC/C=C/CC1COC(C(Cl)(Cl)Cl)=N1. The molecule has 0 radical (unpaired) electrons. The molecule has 0 bridgehead atoms. The molecule has 0 amide bonds. The summed E-state index contributed by atoms with van der Waals surface area (Å²) in [6.45, 7) is 2.70. The van der Waals surface area contributed by atoms with Crippen LogP contribution in [0.5, 0.6) is 0 Å². The van der Waals surface area contributed by atoms with Gasteiger partial charge in [0.15, 0.2) is 0 Å². The molecule has 0 spiro atoms. The molecule has 1 atom stereocenters. The molecule has 98 valence electrons. The van der Waals surface area contributed by atoms with Crippen molar-refractivity contribution in [2.45, 2.75) is 48.9 Å². The van der Waals surface area contributed by atoms with Gasteiger partial charge in [-0.1, -0.05) is 66.7 Å². The topological polar surface area (TPSA) is 21.6 Å². The zero-order chi connectivity index (χ0) is 12.7. The molecule has 0 N–H and O–H groups in total. The van der Waals surface area contributed by atoms with Crippen molar-refractivity contribution in [3.05, 3.63) is 12.2 Å². The van der Waals surface area contributed by atoms with Crippen LogP contribution >= 0.6 is 34.8 Å². The second-order valence-corrected chi connectivity index (χ2v) is 6.38. The van der Waals surface area contributed by atoms with Crippen LogP contribution in [0, 0.1) is 0 Å². The molecule has 1 aliphatic heterocycles. The van der Waals surface area contributed by atoms with Crippen molar-refractivity contribution >= 4 is 40.7 Å². The number of hydrogen-bond donors (Lipinski definition) is 0. The predicted molar refractivity (Wildman–Crippen MR) is 75.4 cm³/mol. The van der Waals surface area contributed by atoms with E-state index >= 15 is 0 Å². The molecule has 5 heteroatoms. The molecule has 1 rings (SSSR count). The second-order valence-electron chi connectivity index (χ2n) is 4.10. The van der Waals surface area contributed by atoms with Gasteiger partial charge in [-0.2, -0.15) is 0 Å². The van der Waals surface area contributed by atoms with Crippen LogP contribution in [0.1, 0.15) is 39.0 Å². The highest BCUT2D eigenvalue weighted by molar-refractivity contribution is 6.76. The summed E-state index contributed by atoms with van der Waals surface area (Å²) in [4.78, 5) is 4.24. The lowest BCUT2D eigenvalue weighted by molar-refractivity contribution is 0.313. The van der Waals surface area contributed by atoms with Crippen molar-refractivity contribution < 1.29 is 4.74 Å². The molecule has 0 saturated heterocycles. The lowest BCUT2D eigenvalue weighted by atomic mass is 10.1. The molecule has 0 aromatic rings. The first-order valence-electron chi connectivity index (χ1n) is 5.96. The average molecular weight is 299 g/mol. The van der Waals surface area contributed by atoms with E-state index in [1.54, 1.807) is 0 Å². The van der Waals surface area contributed by atoms with E-state index in [1.807, 2.05) is 0 Å². The van der Waals surface area contributed by atoms with Gasteiger partial charge in [0.05, 0.1) is 6.04 Å². The van der Waals surface area contributed by atoms with Crippen LogP contribution in [0.2, 0.25) is 0 Å².